The molecule has 4 heteroatoms. The maximum atomic E-state index is 4.84. The molecule has 0 spiro atoms. The van der Waals surface area contributed by atoms with E-state index < -0.39 is 0 Å². The quantitative estimate of drug-likeness (QED) is 0.752. The van der Waals surface area contributed by atoms with Crippen molar-refractivity contribution in [3.8, 4) is 11.3 Å². The Morgan fingerprint density at radius 2 is 1.96 bits per heavy atom. The number of nitrogens with zero attached hydrogens (tertiary/aromatic N) is 3. The molecule has 0 unspecified atom stereocenters. The van der Waals surface area contributed by atoms with Crippen LogP contribution in [0.3, 0.4) is 0 Å². The van der Waals surface area contributed by atoms with Gasteiger partial charge < -0.3 is 5.32 Å². The van der Waals surface area contributed by atoms with Crippen LogP contribution in [-0.4, -0.2) is 20.6 Å². The monoisotopic (exact) mass is 320 g/mol. The molecule has 1 N–H and O–H groups in total. The molecule has 0 aromatic carbocycles. The fourth-order valence-corrected chi connectivity index (χ4v) is 3.78. The summed E-state index contributed by atoms with van der Waals surface area (Å²) >= 11 is 0. The van der Waals surface area contributed by atoms with Gasteiger partial charge in [-0.2, -0.15) is 5.10 Å². The number of hydrogen-bond donors (Lipinski definition) is 1. The van der Waals surface area contributed by atoms with Gasteiger partial charge in [-0.25, -0.2) is 9.50 Å². The Morgan fingerprint density at radius 3 is 2.83 bits per heavy atom. The first-order chi connectivity index (χ1) is 11.8. The van der Waals surface area contributed by atoms with Crippen LogP contribution >= 0.6 is 0 Å². The van der Waals surface area contributed by atoms with Gasteiger partial charge in [-0.3, -0.25) is 0 Å². The van der Waals surface area contributed by atoms with E-state index >= 15 is 0 Å². The van der Waals surface area contributed by atoms with Crippen molar-refractivity contribution in [3.05, 3.63) is 48.8 Å². The van der Waals surface area contributed by atoms with Gasteiger partial charge in [0.05, 0.1) is 17.4 Å². The number of hydrogen-bond acceptors (Lipinski definition) is 3. The third-order valence-corrected chi connectivity index (χ3v) is 5.18. The van der Waals surface area contributed by atoms with Gasteiger partial charge in [0, 0.05) is 17.8 Å². The predicted octanol–water partition coefficient (Wildman–Crippen LogP) is 4.78. The minimum Gasteiger partial charge on any atom is -0.367 e. The van der Waals surface area contributed by atoms with Crippen molar-refractivity contribution >= 4 is 11.3 Å². The summed E-state index contributed by atoms with van der Waals surface area (Å²) in [4.78, 5) is 4.84. The van der Waals surface area contributed by atoms with Crippen LogP contribution in [-0.2, 0) is 0 Å². The van der Waals surface area contributed by atoms with Crippen LogP contribution in [0.5, 0.6) is 0 Å². The summed E-state index contributed by atoms with van der Waals surface area (Å²) in [6.07, 6.45) is 10.7. The van der Waals surface area contributed by atoms with Gasteiger partial charge in [0.15, 0.2) is 0 Å². The Bertz CT molecular complexity index is 817. The van der Waals surface area contributed by atoms with E-state index in [1.165, 1.54) is 32.1 Å². The molecule has 1 aliphatic carbocycles. The molecule has 0 bridgehead atoms. The van der Waals surface area contributed by atoms with Crippen molar-refractivity contribution in [2.75, 3.05) is 5.32 Å². The van der Waals surface area contributed by atoms with Crippen LogP contribution in [0.2, 0.25) is 0 Å². The molecular weight excluding hydrogens is 296 g/mol. The van der Waals surface area contributed by atoms with E-state index in [9.17, 15) is 0 Å². The Labute approximate surface area is 142 Å². The van der Waals surface area contributed by atoms with Crippen molar-refractivity contribution in [1.82, 2.24) is 14.6 Å². The van der Waals surface area contributed by atoms with Gasteiger partial charge in [-0.1, -0.05) is 31.4 Å². The fourth-order valence-electron chi connectivity index (χ4n) is 3.78. The molecule has 1 saturated carbocycles. The van der Waals surface area contributed by atoms with Crippen LogP contribution in [0.1, 0.15) is 39.0 Å². The molecule has 1 fully saturated rings. The van der Waals surface area contributed by atoms with E-state index in [0.29, 0.717) is 6.04 Å². The van der Waals surface area contributed by atoms with Gasteiger partial charge in [-0.05, 0) is 49.9 Å². The van der Waals surface area contributed by atoms with E-state index in [-0.39, 0.29) is 0 Å². The van der Waals surface area contributed by atoms with Crippen molar-refractivity contribution in [3.63, 3.8) is 0 Å². The second-order valence-corrected chi connectivity index (χ2v) is 6.83. The second-order valence-electron chi connectivity index (χ2n) is 6.83. The minimum absolute atomic E-state index is 0.469. The van der Waals surface area contributed by atoms with Gasteiger partial charge in [0.1, 0.15) is 5.82 Å². The van der Waals surface area contributed by atoms with Crippen molar-refractivity contribution in [2.45, 2.75) is 45.1 Å². The maximum absolute atomic E-state index is 4.84. The Balaban J connectivity index is 1.57. The van der Waals surface area contributed by atoms with Crippen LogP contribution in [0.25, 0.3) is 16.8 Å². The summed E-state index contributed by atoms with van der Waals surface area (Å²) in [5.74, 6) is 1.72. The van der Waals surface area contributed by atoms with E-state index in [4.69, 9.17) is 4.98 Å². The molecule has 4 rings (SSSR count). The summed E-state index contributed by atoms with van der Waals surface area (Å²) in [6.45, 7) is 2.29. The zero-order valence-electron chi connectivity index (χ0n) is 14.2. The number of anilines is 1. The summed E-state index contributed by atoms with van der Waals surface area (Å²) in [7, 11) is 0. The third-order valence-electron chi connectivity index (χ3n) is 5.18. The van der Waals surface area contributed by atoms with Crippen LogP contribution < -0.4 is 5.32 Å². The molecule has 3 aromatic rings. The van der Waals surface area contributed by atoms with E-state index in [1.54, 1.807) is 0 Å². The highest BCUT2D eigenvalue weighted by Crippen LogP contribution is 2.28. The lowest BCUT2D eigenvalue weighted by atomic mass is 9.84. The lowest BCUT2D eigenvalue weighted by Crippen LogP contribution is -2.28. The molecule has 0 saturated heterocycles. The smallest absolute Gasteiger partial charge is 0.126 e. The average Bonchev–Trinajstić information content (AvgIpc) is 3.07. The molecule has 4 nitrogen and oxygen atoms in total. The zero-order chi connectivity index (χ0) is 16.4. The number of nitrogens with one attached hydrogen (secondary N) is 1. The molecule has 3 heterocycles. The van der Waals surface area contributed by atoms with Crippen LogP contribution in [0.4, 0.5) is 5.82 Å². The van der Waals surface area contributed by atoms with Crippen molar-refractivity contribution in [2.24, 2.45) is 5.92 Å². The molecular formula is C20H24N4. The number of aromatic nitrogens is 3. The first-order valence-corrected chi connectivity index (χ1v) is 8.97. The first-order valence-electron chi connectivity index (χ1n) is 8.97. The lowest BCUT2D eigenvalue weighted by molar-refractivity contribution is 0.328. The Hall–Kier alpha value is -2.36. The number of fused-ring (bicyclic) bond motifs is 1. The highest BCUT2D eigenvalue weighted by Gasteiger charge is 2.20. The molecule has 0 amide bonds. The summed E-state index contributed by atoms with van der Waals surface area (Å²) in [5.41, 5.74) is 3.13. The highest BCUT2D eigenvalue weighted by molar-refractivity contribution is 5.78. The third kappa shape index (κ3) is 3.01. The zero-order valence-corrected chi connectivity index (χ0v) is 14.2. The highest BCUT2D eigenvalue weighted by atomic mass is 15.2. The number of rotatable bonds is 4. The fraction of sp³-hybridized carbons (Fsp3) is 0.400. The standard InChI is InChI=1S/C20H24N4/c1-15(16-8-3-2-4-9-16)22-20-12-7-10-18(23-20)17-14-21-24-13-6-5-11-19(17)24/h5-7,10-16H,2-4,8-9H2,1H3,(H,22,23)/t15-/m0/s1. The molecule has 3 aromatic heterocycles. The van der Waals surface area contributed by atoms with Gasteiger partial charge >= 0.3 is 0 Å². The van der Waals surface area contributed by atoms with Gasteiger partial charge in [0.25, 0.3) is 0 Å². The average molecular weight is 320 g/mol. The van der Waals surface area contributed by atoms with Crippen molar-refractivity contribution in [1.29, 1.82) is 0 Å². The van der Waals surface area contributed by atoms with Crippen LogP contribution in [0, 0.1) is 5.92 Å². The molecule has 24 heavy (non-hydrogen) atoms. The molecule has 1 atom stereocenters. The Morgan fingerprint density at radius 1 is 1.08 bits per heavy atom. The maximum Gasteiger partial charge on any atom is 0.126 e. The van der Waals surface area contributed by atoms with E-state index in [2.05, 4.69) is 41.6 Å². The topological polar surface area (TPSA) is 42.2 Å². The molecule has 0 aliphatic heterocycles. The molecule has 1 aliphatic rings. The van der Waals surface area contributed by atoms with Crippen molar-refractivity contribution < 1.29 is 0 Å². The predicted molar refractivity (Wildman–Crippen MR) is 98.1 cm³/mol. The SMILES string of the molecule is C[C@H](Nc1cccc(-c2cnn3ccccc23)n1)C1CCCCC1. The van der Waals surface area contributed by atoms with Gasteiger partial charge in [0.2, 0.25) is 0 Å². The molecule has 0 radical (unpaired) electrons. The summed E-state index contributed by atoms with van der Waals surface area (Å²) in [6, 6.07) is 12.8. The summed E-state index contributed by atoms with van der Waals surface area (Å²) in [5, 5.41) is 8.04. The van der Waals surface area contributed by atoms with E-state index in [0.717, 1.165) is 28.5 Å². The summed E-state index contributed by atoms with van der Waals surface area (Å²) < 4.78 is 1.89. The largest absolute Gasteiger partial charge is 0.367 e. The number of pyridine rings is 2. The van der Waals surface area contributed by atoms with E-state index in [1.807, 2.05) is 29.0 Å². The molecule has 124 valence electrons. The normalized spacial score (nSPS) is 17.0. The van der Waals surface area contributed by atoms with Crippen LogP contribution in [0.15, 0.2) is 48.8 Å². The second kappa shape index (κ2) is 6.63. The first kappa shape index (κ1) is 15.2. The minimum atomic E-state index is 0.469. The van der Waals surface area contributed by atoms with Gasteiger partial charge in [-0.15, -0.1) is 0 Å². The Kier molecular flexibility index (Phi) is 4.20. The lowest BCUT2D eigenvalue weighted by Gasteiger charge is -2.28.